The fourth-order valence-electron chi connectivity index (χ4n) is 3.81. The van der Waals surface area contributed by atoms with Gasteiger partial charge in [0.15, 0.2) is 0 Å². The molecule has 4 nitrogen and oxygen atoms in total. The Balaban J connectivity index is 1.59. The van der Waals surface area contributed by atoms with Crippen LogP contribution in [0.2, 0.25) is 0 Å². The van der Waals surface area contributed by atoms with E-state index >= 15 is 0 Å². The van der Waals surface area contributed by atoms with Crippen molar-refractivity contribution < 1.29 is 9.53 Å². The van der Waals surface area contributed by atoms with Gasteiger partial charge in [-0.05, 0) is 41.8 Å². The number of amides is 1. The molecule has 0 aliphatic rings. The highest BCUT2D eigenvalue weighted by molar-refractivity contribution is 5.86. The lowest BCUT2D eigenvalue weighted by atomic mass is 9.88. The Bertz CT molecular complexity index is 1100. The number of benzene rings is 3. The predicted molar refractivity (Wildman–Crippen MR) is 121 cm³/mol. The smallest absolute Gasteiger partial charge is 0.221 e. The number of carbonyl (C=O) groups excluding carboxylic acids is 1. The van der Waals surface area contributed by atoms with Gasteiger partial charge in [-0.3, -0.25) is 4.79 Å². The van der Waals surface area contributed by atoms with Crippen molar-refractivity contribution in [3.05, 3.63) is 102 Å². The lowest BCUT2D eigenvalue weighted by molar-refractivity contribution is -0.121. The third-order valence-corrected chi connectivity index (χ3v) is 5.31. The fourth-order valence-corrected chi connectivity index (χ4v) is 3.81. The summed E-state index contributed by atoms with van der Waals surface area (Å²) in [6.45, 7) is 3.14. The van der Waals surface area contributed by atoms with Crippen molar-refractivity contribution in [3.63, 3.8) is 0 Å². The Hall–Kier alpha value is -3.53. The summed E-state index contributed by atoms with van der Waals surface area (Å²) in [5.41, 5.74) is 4.39. The van der Waals surface area contributed by atoms with E-state index in [1.54, 1.807) is 0 Å². The van der Waals surface area contributed by atoms with Gasteiger partial charge < -0.3 is 15.0 Å². The number of ether oxygens (including phenoxy) is 1. The second kappa shape index (κ2) is 9.31. The van der Waals surface area contributed by atoms with Crippen LogP contribution in [0.4, 0.5) is 0 Å². The second-order valence-electron chi connectivity index (χ2n) is 7.31. The first kappa shape index (κ1) is 19.8. The molecule has 0 saturated heterocycles. The molecule has 1 heterocycles. The number of hydrogen-bond acceptors (Lipinski definition) is 2. The van der Waals surface area contributed by atoms with E-state index in [2.05, 4.69) is 34.6 Å². The maximum atomic E-state index is 12.9. The number of para-hydroxylation sites is 1. The Morgan fingerprint density at radius 1 is 0.967 bits per heavy atom. The van der Waals surface area contributed by atoms with Crippen molar-refractivity contribution in [2.75, 3.05) is 6.61 Å². The van der Waals surface area contributed by atoms with Gasteiger partial charge in [0.05, 0.1) is 6.61 Å². The highest BCUT2D eigenvalue weighted by Crippen LogP contribution is 2.34. The fraction of sp³-hybridized carbons (Fsp3) is 0.192. The molecule has 1 aromatic heterocycles. The van der Waals surface area contributed by atoms with Crippen molar-refractivity contribution in [3.8, 4) is 5.75 Å². The van der Waals surface area contributed by atoms with Gasteiger partial charge in [0, 0.05) is 36.0 Å². The summed E-state index contributed by atoms with van der Waals surface area (Å²) in [4.78, 5) is 16.2. The monoisotopic (exact) mass is 398 g/mol. The first-order chi connectivity index (χ1) is 14.7. The van der Waals surface area contributed by atoms with Gasteiger partial charge in [0.2, 0.25) is 5.91 Å². The summed E-state index contributed by atoms with van der Waals surface area (Å²) < 4.78 is 5.58. The van der Waals surface area contributed by atoms with Crippen LogP contribution < -0.4 is 10.1 Å². The predicted octanol–water partition coefficient (Wildman–Crippen LogP) is 5.41. The molecule has 0 radical (unpaired) electrons. The van der Waals surface area contributed by atoms with Crippen molar-refractivity contribution in [2.24, 2.45) is 0 Å². The summed E-state index contributed by atoms with van der Waals surface area (Å²) in [5.74, 6) is 0.822. The topological polar surface area (TPSA) is 54.1 Å². The summed E-state index contributed by atoms with van der Waals surface area (Å²) in [5, 5.41) is 4.21. The van der Waals surface area contributed by atoms with E-state index in [9.17, 15) is 4.79 Å². The number of H-pyrrole nitrogens is 1. The van der Waals surface area contributed by atoms with E-state index in [1.165, 1.54) is 0 Å². The molecule has 0 aliphatic heterocycles. The van der Waals surface area contributed by atoms with Crippen LogP contribution >= 0.6 is 0 Å². The summed E-state index contributed by atoms with van der Waals surface area (Å²) >= 11 is 0. The number of aromatic amines is 1. The zero-order valence-corrected chi connectivity index (χ0v) is 17.1. The molecule has 4 heteroatoms. The molecule has 0 fully saturated rings. The number of rotatable bonds is 8. The van der Waals surface area contributed by atoms with E-state index in [4.69, 9.17) is 4.74 Å². The van der Waals surface area contributed by atoms with Crippen molar-refractivity contribution in [1.82, 2.24) is 10.3 Å². The molecule has 152 valence electrons. The molecule has 0 aliphatic carbocycles. The third kappa shape index (κ3) is 4.54. The molecule has 0 saturated carbocycles. The first-order valence-electron chi connectivity index (χ1n) is 10.3. The minimum atomic E-state index is -0.0485. The lowest BCUT2D eigenvalue weighted by Crippen LogP contribution is -2.25. The highest BCUT2D eigenvalue weighted by Gasteiger charge is 2.21. The molecule has 4 rings (SSSR count). The van der Waals surface area contributed by atoms with E-state index in [0.717, 1.165) is 33.3 Å². The van der Waals surface area contributed by atoms with E-state index in [0.29, 0.717) is 19.6 Å². The van der Waals surface area contributed by atoms with Gasteiger partial charge in [0.1, 0.15) is 5.75 Å². The Labute approximate surface area is 176 Å². The van der Waals surface area contributed by atoms with Crippen molar-refractivity contribution >= 4 is 16.8 Å². The maximum Gasteiger partial charge on any atom is 0.221 e. The second-order valence-corrected chi connectivity index (χ2v) is 7.31. The van der Waals surface area contributed by atoms with E-state index in [1.807, 2.05) is 67.7 Å². The van der Waals surface area contributed by atoms with Crippen LogP contribution in [-0.2, 0) is 11.3 Å². The molecule has 4 aromatic rings. The number of carbonyl (C=O) groups is 1. The van der Waals surface area contributed by atoms with Crippen LogP contribution in [0.25, 0.3) is 10.9 Å². The van der Waals surface area contributed by atoms with Crippen molar-refractivity contribution in [1.29, 1.82) is 0 Å². The first-order valence-corrected chi connectivity index (χ1v) is 10.3. The minimum absolute atomic E-state index is 0.0306. The van der Waals surface area contributed by atoms with Gasteiger partial charge in [-0.15, -0.1) is 0 Å². The van der Waals surface area contributed by atoms with Crippen molar-refractivity contribution in [2.45, 2.75) is 25.8 Å². The summed E-state index contributed by atoms with van der Waals surface area (Å²) in [6, 6.07) is 26.2. The van der Waals surface area contributed by atoms with E-state index in [-0.39, 0.29) is 11.8 Å². The molecule has 0 spiro atoms. The van der Waals surface area contributed by atoms with Crippen LogP contribution in [0, 0.1) is 0 Å². The Kier molecular flexibility index (Phi) is 6.14. The average molecular weight is 399 g/mol. The molecular weight excluding hydrogens is 372 g/mol. The third-order valence-electron chi connectivity index (χ3n) is 5.31. The largest absolute Gasteiger partial charge is 0.494 e. The standard InChI is InChI=1S/C26H26N2O2/c1-2-30-21-14-12-20(13-15-21)23(24-18-27-25-11-7-6-10-22(24)25)16-26(29)28-17-19-8-4-3-5-9-19/h3-15,18,23,27H,2,16-17H2,1H3,(H,28,29). The SMILES string of the molecule is CCOc1ccc(C(CC(=O)NCc2ccccc2)c2c[nH]c3ccccc23)cc1. The number of fused-ring (bicyclic) bond motifs is 1. The minimum Gasteiger partial charge on any atom is -0.494 e. The lowest BCUT2D eigenvalue weighted by Gasteiger charge is -2.18. The van der Waals surface area contributed by atoms with Gasteiger partial charge in [-0.25, -0.2) is 0 Å². The van der Waals surface area contributed by atoms with Gasteiger partial charge >= 0.3 is 0 Å². The maximum absolute atomic E-state index is 12.9. The zero-order valence-electron chi connectivity index (χ0n) is 17.1. The average Bonchev–Trinajstić information content (AvgIpc) is 3.22. The molecule has 1 amide bonds. The molecular formula is C26H26N2O2. The number of hydrogen-bond donors (Lipinski definition) is 2. The highest BCUT2D eigenvalue weighted by atomic mass is 16.5. The molecule has 30 heavy (non-hydrogen) atoms. The molecule has 1 unspecified atom stereocenters. The van der Waals surface area contributed by atoms with Crippen LogP contribution in [0.3, 0.4) is 0 Å². The van der Waals surface area contributed by atoms with Crippen LogP contribution in [-0.4, -0.2) is 17.5 Å². The molecule has 0 bridgehead atoms. The Morgan fingerprint density at radius 3 is 2.47 bits per heavy atom. The van der Waals surface area contributed by atoms with Crippen LogP contribution in [0.15, 0.2) is 85.1 Å². The number of aromatic nitrogens is 1. The molecule has 3 aromatic carbocycles. The summed E-state index contributed by atoms with van der Waals surface area (Å²) in [7, 11) is 0. The number of nitrogens with one attached hydrogen (secondary N) is 2. The zero-order chi connectivity index (χ0) is 20.8. The van der Waals surface area contributed by atoms with Crippen LogP contribution in [0.1, 0.15) is 36.0 Å². The molecule has 1 atom stereocenters. The molecule has 2 N–H and O–H groups in total. The van der Waals surface area contributed by atoms with Gasteiger partial charge in [-0.2, -0.15) is 0 Å². The Morgan fingerprint density at radius 2 is 1.70 bits per heavy atom. The van der Waals surface area contributed by atoms with Gasteiger partial charge in [0.25, 0.3) is 0 Å². The normalized spacial score (nSPS) is 11.9. The van der Waals surface area contributed by atoms with Gasteiger partial charge in [-0.1, -0.05) is 60.7 Å². The summed E-state index contributed by atoms with van der Waals surface area (Å²) in [6.07, 6.45) is 2.40. The van der Waals surface area contributed by atoms with Crippen LogP contribution in [0.5, 0.6) is 5.75 Å². The quantitative estimate of drug-likeness (QED) is 0.417. The van der Waals surface area contributed by atoms with E-state index < -0.39 is 0 Å².